The first kappa shape index (κ1) is 16.3. The van der Waals surface area contributed by atoms with E-state index in [2.05, 4.69) is 10.4 Å². The number of nitrogens with zero attached hydrogens (tertiary/aromatic N) is 2. The number of benzene rings is 1. The molecule has 6 heteroatoms. The van der Waals surface area contributed by atoms with Gasteiger partial charge in [-0.3, -0.25) is 4.79 Å². The topological polar surface area (TPSA) is 72.9 Å². The van der Waals surface area contributed by atoms with Crippen molar-refractivity contribution in [3.8, 4) is 5.69 Å². The van der Waals surface area contributed by atoms with Crippen molar-refractivity contribution in [3.05, 3.63) is 46.5 Å². The van der Waals surface area contributed by atoms with Crippen LogP contribution in [0, 0.1) is 18.7 Å². The van der Waals surface area contributed by atoms with Crippen molar-refractivity contribution in [2.45, 2.75) is 45.1 Å². The van der Waals surface area contributed by atoms with Crippen LogP contribution in [0.4, 0.5) is 4.39 Å². The first-order chi connectivity index (χ1) is 12.0. The van der Waals surface area contributed by atoms with Crippen LogP contribution in [0.15, 0.2) is 18.2 Å². The summed E-state index contributed by atoms with van der Waals surface area (Å²) in [4.78, 5) is 12.6. The zero-order valence-electron chi connectivity index (χ0n) is 14.4. The van der Waals surface area contributed by atoms with E-state index < -0.39 is 0 Å². The molecule has 1 atom stereocenters. The highest BCUT2D eigenvalue weighted by Crippen LogP contribution is 2.31. The third-order valence-electron chi connectivity index (χ3n) is 5.14. The molecule has 1 heterocycles. The average Bonchev–Trinajstić information content (AvgIpc) is 3.19. The fraction of sp³-hybridized carbons (Fsp3) is 0.474. The number of carbonyl (C=O) groups is 1. The first-order valence-electron chi connectivity index (χ1n) is 8.95. The Morgan fingerprint density at radius 1 is 1.40 bits per heavy atom. The largest absolute Gasteiger partial charge is 0.349 e. The molecule has 5 nitrogen and oxygen atoms in total. The highest BCUT2D eigenvalue weighted by Gasteiger charge is 2.30. The monoisotopic (exact) mass is 342 g/mol. The smallest absolute Gasteiger partial charge is 0.272 e. The van der Waals surface area contributed by atoms with Gasteiger partial charge in [0.05, 0.1) is 5.69 Å². The van der Waals surface area contributed by atoms with Gasteiger partial charge in [-0.15, -0.1) is 0 Å². The summed E-state index contributed by atoms with van der Waals surface area (Å²) < 4.78 is 15.5. The molecule has 0 aliphatic heterocycles. The van der Waals surface area contributed by atoms with E-state index in [1.54, 1.807) is 4.68 Å². The van der Waals surface area contributed by atoms with Crippen LogP contribution in [0.5, 0.6) is 0 Å². The summed E-state index contributed by atoms with van der Waals surface area (Å²) in [6, 6.07) is 4.85. The van der Waals surface area contributed by atoms with Gasteiger partial charge in [0.25, 0.3) is 5.91 Å². The van der Waals surface area contributed by atoms with E-state index in [9.17, 15) is 9.18 Å². The predicted octanol–water partition coefficient (Wildman–Crippen LogP) is 2.28. The second kappa shape index (κ2) is 6.26. The molecule has 2 aromatic rings. The molecule has 1 unspecified atom stereocenters. The molecular formula is C19H23FN4O. The van der Waals surface area contributed by atoms with E-state index in [-0.39, 0.29) is 17.8 Å². The lowest BCUT2D eigenvalue weighted by atomic mass is 10.1. The minimum atomic E-state index is -0.293. The van der Waals surface area contributed by atoms with Gasteiger partial charge in [-0.2, -0.15) is 5.10 Å². The molecule has 0 bridgehead atoms. The fourth-order valence-electron chi connectivity index (χ4n) is 3.66. The van der Waals surface area contributed by atoms with Gasteiger partial charge in [0.2, 0.25) is 0 Å². The molecule has 132 valence electrons. The number of aromatic nitrogens is 2. The van der Waals surface area contributed by atoms with E-state index in [4.69, 9.17) is 5.73 Å². The van der Waals surface area contributed by atoms with E-state index in [0.717, 1.165) is 48.9 Å². The van der Waals surface area contributed by atoms with Crippen molar-refractivity contribution < 1.29 is 9.18 Å². The summed E-state index contributed by atoms with van der Waals surface area (Å²) in [7, 11) is 0. The Morgan fingerprint density at radius 3 is 2.92 bits per heavy atom. The quantitative estimate of drug-likeness (QED) is 0.875. The average molecular weight is 342 g/mol. The van der Waals surface area contributed by atoms with E-state index in [1.165, 1.54) is 12.1 Å². The second-order valence-corrected chi connectivity index (χ2v) is 7.24. The minimum Gasteiger partial charge on any atom is -0.349 e. The number of nitrogens with one attached hydrogen (secondary N) is 1. The number of nitrogens with two attached hydrogens (primary N) is 1. The highest BCUT2D eigenvalue weighted by molar-refractivity contribution is 5.94. The number of carbonyl (C=O) groups excluding carboxylic acids is 1. The molecule has 0 spiro atoms. The Morgan fingerprint density at radius 2 is 2.20 bits per heavy atom. The molecule has 1 aromatic heterocycles. The van der Waals surface area contributed by atoms with Crippen molar-refractivity contribution in [2.24, 2.45) is 11.7 Å². The lowest BCUT2D eigenvalue weighted by Gasteiger charge is -2.11. The molecule has 1 aromatic carbocycles. The van der Waals surface area contributed by atoms with Crippen LogP contribution in [0.2, 0.25) is 0 Å². The van der Waals surface area contributed by atoms with Gasteiger partial charge >= 0.3 is 0 Å². The lowest BCUT2D eigenvalue weighted by Crippen LogP contribution is -2.39. The normalized spacial score (nSPS) is 17.4. The lowest BCUT2D eigenvalue weighted by molar-refractivity contribution is 0.0944. The number of halogens is 1. The van der Waals surface area contributed by atoms with E-state index in [1.807, 2.05) is 13.0 Å². The van der Waals surface area contributed by atoms with Gasteiger partial charge < -0.3 is 11.1 Å². The minimum absolute atomic E-state index is 0.0185. The Bertz CT molecular complexity index is 805. The van der Waals surface area contributed by atoms with Crippen molar-refractivity contribution >= 4 is 5.91 Å². The predicted molar refractivity (Wildman–Crippen MR) is 93.3 cm³/mol. The van der Waals surface area contributed by atoms with Gasteiger partial charge in [-0.05, 0) is 68.7 Å². The molecule has 3 N–H and O–H groups in total. The van der Waals surface area contributed by atoms with E-state index >= 15 is 0 Å². The van der Waals surface area contributed by atoms with Crippen molar-refractivity contribution in [3.63, 3.8) is 0 Å². The van der Waals surface area contributed by atoms with Gasteiger partial charge in [-0.25, -0.2) is 9.07 Å². The van der Waals surface area contributed by atoms with Gasteiger partial charge in [0, 0.05) is 23.8 Å². The zero-order valence-corrected chi connectivity index (χ0v) is 14.4. The maximum atomic E-state index is 13.8. The van der Waals surface area contributed by atoms with Crippen molar-refractivity contribution in [2.75, 3.05) is 6.54 Å². The molecule has 25 heavy (non-hydrogen) atoms. The molecule has 2 aliphatic rings. The van der Waals surface area contributed by atoms with Gasteiger partial charge in [0.1, 0.15) is 5.82 Å². The fourth-order valence-corrected chi connectivity index (χ4v) is 3.66. The Hall–Kier alpha value is -2.21. The molecule has 2 aliphatic carbocycles. The van der Waals surface area contributed by atoms with Crippen LogP contribution >= 0.6 is 0 Å². The summed E-state index contributed by atoms with van der Waals surface area (Å²) >= 11 is 0. The van der Waals surface area contributed by atoms with Crippen LogP contribution in [-0.2, 0) is 12.8 Å². The number of hydrogen-bond acceptors (Lipinski definition) is 3. The summed E-state index contributed by atoms with van der Waals surface area (Å²) in [5.41, 5.74) is 10.0. The van der Waals surface area contributed by atoms with Crippen LogP contribution in [0.1, 0.15) is 46.6 Å². The van der Waals surface area contributed by atoms with Crippen molar-refractivity contribution in [1.29, 1.82) is 0 Å². The zero-order chi connectivity index (χ0) is 17.6. The summed E-state index contributed by atoms with van der Waals surface area (Å²) in [5, 5.41) is 7.44. The highest BCUT2D eigenvalue weighted by atomic mass is 19.1. The van der Waals surface area contributed by atoms with Crippen LogP contribution in [0.25, 0.3) is 5.69 Å². The summed E-state index contributed by atoms with van der Waals surface area (Å²) in [6.45, 7) is 2.33. The third-order valence-corrected chi connectivity index (χ3v) is 5.14. The van der Waals surface area contributed by atoms with Gasteiger partial charge in [0.15, 0.2) is 5.69 Å². The van der Waals surface area contributed by atoms with Crippen LogP contribution in [-0.4, -0.2) is 28.3 Å². The van der Waals surface area contributed by atoms with E-state index in [0.29, 0.717) is 23.8 Å². The molecule has 0 saturated heterocycles. The summed E-state index contributed by atoms with van der Waals surface area (Å²) in [5.74, 6) is 0.0682. The van der Waals surface area contributed by atoms with Gasteiger partial charge in [-0.1, -0.05) is 0 Å². The third kappa shape index (κ3) is 3.18. The second-order valence-electron chi connectivity index (χ2n) is 7.24. The number of amides is 1. The van der Waals surface area contributed by atoms with Crippen LogP contribution in [0.3, 0.4) is 0 Å². The standard InChI is InChI=1S/C19H23FN4O/c1-11-7-13(20)9-14(8-11)24-17-4-2-3-15(17)18(23-24)19(25)22-10-16(21)12-5-6-12/h7-9,12,16H,2-6,10,21H2,1H3,(H,22,25). The number of fused-ring (bicyclic) bond motifs is 1. The maximum Gasteiger partial charge on any atom is 0.272 e. The first-order valence-corrected chi connectivity index (χ1v) is 8.95. The molecule has 1 amide bonds. The SMILES string of the molecule is Cc1cc(F)cc(-n2nc(C(=O)NCC(N)C3CC3)c3c2CCC3)c1. The maximum absolute atomic E-state index is 13.8. The van der Waals surface area contributed by atoms with Crippen LogP contribution < -0.4 is 11.1 Å². The van der Waals surface area contributed by atoms with Crippen molar-refractivity contribution in [1.82, 2.24) is 15.1 Å². The molecular weight excluding hydrogens is 319 g/mol. The summed E-state index contributed by atoms with van der Waals surface area (Å²) in [6.07, 6.45) is 4.98. The Labute approximate surface area is 146 Å². The number of rotatable bonds is 5. The Balaban J connectivity index is 1.62. The number of aryl methyl sites for hydroxylation is 1. The molecule has 1 saturated carbocycles. The number of hydrogen-bond donors (Lipinski definition) is 2. The molecule has 1 fully saturated rings. The molecule has 0 radical (unpaired) electrons. The molecule has 4 rings (SSSR count). The Kier molecular flexibility index (Phi) is 4.07.